The average molecular weight is 683 g/mol. The Morgan fingerprint density at radius 3 is 2.07 bits per heavy atom. The number of nitrogens with one attached hydrogen (secondary N) is 1. The number of benzene rings is 4. The first-order valence-corrected chi connectivity index (χ1v) is 16.8. The molecule has 0 aliphatic heterocycles. The highest BCUT2D eigenvalue weighted by Gasteiger charge is 2.35. The summed E-state index contributed by atoms with van der Waals surface area (Å²) in [4.78, 5) is 29.9. The molecule has 1 atom stereocenters. The molecule has 4 aromatic rings. The number of carbonyl (C=O) groups is 2. The van der Waals surface area contributed by atoms with Gasteiger partial charge in [-0.25, -0.2) is 8.42 Å². The molecule has 0 aliphatic rings. The molecule has 11 heteroatoms. The molecular weight excluding hydrogens is 645 g/mol. The van der Waals surface area contributed by atoms with Crippen LogP contribution < -0.4 is 14.4 Å². The lowest BCUT2D eigenvalue weighted by Crippen LogP contribution is -2.56. The number of carbonyl (C=O) groups excluding carboxylic acids is 2. The Labute approximate surface area is 280 Å². The molecule has 0 fully saturated rings. The van der Waals surface area contributed by atoms with Crippen LogP contribution in [0.2, 0.25) is 10.0 Å². The van der Waals surface area contributed by atoms with Crippen LogP contribution in [-0.4, -0.2) is 50.4 Å². The lowest BCUT2D eigenvalue weighted by atomic mass is 10.0. The Bertz CT molecular complexity index is 1760. The van der Waals surface area contributed by atoms with Crippen LogP contribution in [0.15, 0.2) is 108 Å². The van der Waals surface area contributed by atoms with Crippen LogP contribution in [-0.2, 0) is 32.6 Å². The van der Waals surface area contributed by atoms with Gasteiger partial charge in [0, 0.05) is 23.5 Å². The van der Waals surface area contributed by atoms with E-state index in [4.69, 9.17) is 27.9 Å². The first kappa shape index (κ1) is 34.8. The quantitative estimate of drug-likeness (QED) is 0.178. The average Bonchev–Trinajstić information content (AvgIpc) is 3.01. The zero-order valence-electron chi connectivity index (χ0n) is 26.1. The van der Waals surface area contributed by atoms with Gasteiger partial charge in [0.05, 0.1) is 22.7 Å². The minimum absolute atomic E-state index is 0.00293. The van der Waals surface area contributed by atoms with Gasteiger partial charge in [0.2, 0.25) is 11.8 Å². The van der Waals surface area contributed by atoms with Crippen LogP contribution in [0.3, 0.4) is 0 Å². The molecule has 0 saturated heterocycles. The molecule has 0 radical (unpaired) electrons. The predicted molar refractivity (Wildman–Crippen MR) is 183 cm³/mol. The van der Waals surface area contributed by atoms with E-state index < -0.39 is 34.1 Å². The number of halogens is 2. The third kappa shape index (κ3) is 9.02. The molecule has 0 heterocycles. The van der Waals surface area contributed by atoms with Crippen LogP contribution in [0.25, 0.3) is 0 Å². The van der Waals surface area contributed by atoms with Gasteiger partial charge in [-0.3, -0.25) is 13.9 Å². The number of sulfonamides is 1. The van der Waals surface area contributed by atoms with Gasteiger partial charge in [-0.1, -0.05) is 83.9 Å². The lowest BCUT2D eigenvalue weighted by Gasteiger charge is -2.35. The Morgan fingerprint density at radius 2 is 1.48 bits per heavy atom. The van der Waals surface area contributed by atoms with Crippen molar-refractivity contribution in [2.75, 3.05) is 18.0 Å². The summed E-state index contributed by atoms with van der Waals surface area (Å²) in [6.45, 7) is 4.95. The van der Waals surface area contributed by atoms with E-state index in [1.807, 2.05) is 51.1 Å². The van der Waals surface area contributed by atoms with Crippen molar-refractivity contribution < 1.29 is 22.7 Å². The normalized spacial score (nSPS) is 12.2. The van der Waals surface area contributed by atoms with Gasteiger partial charge in [0.25, 0.3) is 10.0 Å². The summed E-state index contributed by atoms with van der Waals surface area (Å²) in [5.74, 6) is -0.633. The highest BCUT2D eigenvalue weighted by molar-refractivity contribution is 7.92. The Kier molecular flexibility index (Phi) is 11.4. The van der Waals surface area contributed by atoms with Crippen LogP contribution in [0.1, 0.15) is 31.9 Å². The Morgan fingerprint density at radius 1 is 0.848 bits per heavy atom. The fourth-order valence-electron chi connectivity index (χ4n) is 4.90. The zero-order valence-corrected chi connectivity index (χ0v) is 28.4. The number of amides is 2. The van der Waals surface area contributed by atoms with Gasteiger partial charge in [-0.2, -0.15) is 0 Å². The smallest absolute Gasteiger partial charge is 0.264 e. The second kappa shape index (κ2) is 15.0. The van der Waals surface area contributed by atoms with Crippen molar-refractivity contribution in [3.63, 3.8) is 0 Å². The Balaban J connectivity index is 1.84. The van der Waals surface area contributed by atoms with Gasteiger partial charge in [0.15, 0.2) is 0 Å². The molecule has 0 bridgehead atoms. The number of methoxy groups -OCH3 is 1. The van der Waals surface area contributed by atoms with Gasteiger partial charge in [-0.15, -0.1) is 0 Å². The van der Waals surface area contributed by atoms with Crippen LogP contribution in [0.5, 0.6) is 5.75 Å². The van der Waals surface area contributed by atoms with Crippen molar-refractivity contribution in [2.24, 2.45) is 0 Å². The second-order valence-corrected chi connectivity index (χ2v) is 14.4. The van der Waals surface area contributed by atoms with Crippen LogP contribution in [0, 0.1) is 0 Å². The SMILES string of the molecule is COc1ccc(N(CC(=O)N(Cc2cccc(Cl)c2)C(Cc2ccccc2)C(=O)NC(C)(C)C)S(=O)(=O)c2ccccc2)cc1Cl. The van der Waals surface area contributed by atoms with E-state index >= 15 is 0 Å². The van der Waals surface area contributed by atoms with E-state index in [1.54, 1.807) is 42.5 Å². The number of anilines is 1. The number of ether oxygens (including phenoxy) is 1. The maximum absolute atomic E-state index is 14.6. The summed E-state index contributed by atoms with van der Waals surface area (Å²) >= 11 is 12.7. The molecule has 1 N–H and O–H groups in total. The summed E-state index contributed by atoms with van der Waals surface area (Å²) in [7, 11) is -2.82. The molecule has 8 nitrogen and oxygen atoms in total. The second-order valence-electron chi connectivity index (χ2n) is 11.7. The van der Waals surface area contributed by atoms with Gasteiger partial charge in [0.1, 0.15) is 18.3 Å². The summed E-state index contributed by atoms with van der Waals surface area (Å²) in [5, 5.41) is 3.64. The minimum Gasteiger partial charge on any atom is -0.495 e. The molecule has 242 valence electrons. The maximum atomic E-state index is 14.6. The van der Waals surface area contributed by atoms with Gasteiger partial charge < -0.3 is 15.0 Å². The third-order valence-corrected chi connectivity index (χ3v) is 9.36. The molecular formula is C35H37Cl2N3O5S. The number of hydrogen-bond acceptors (Lipinski definition) is 5. The van der Waals surface area contributed by atoms with E-state index in [2.05, 4.69) is 5.32 Å². The van der Waals surface area contributed by atoms with Crippen LogP contribution >= 0.6 is 23.2 Å². The first-order chi connectivity index (χ1) is 21.8. The van der Waals surface area contributed by atoms with Crippen molar-refractivity contribution in [3.05, 3.63) is 124 Å². The lowest BCUT2D eigenvalue weighted by molar-refractivity contribution is -0.140. The summed E-state index contributed by atoms with van der Waals surface area (Å²) < 4.78 is 34.5. The third-order valence-electron chi connectivity index (χ3n) is 7.04. The van der Waals surface area contributed by atoms with Gasteiger partial charge >= 0.3 is 0 Å². The fourth-order valence-corrected chi connectivity index (χ4v) is 6.79. The molecule has 0 spiro atoms. The molecule has 0 saturated carbocycles. The molecule has 0 aliphatic carbocycles. The van der Waals surface area contributed by atoms with E-state index in [-0.39, 0.29) is 34.5 Å². The maximum Gasteiger partial charge on any atom is 0.264 e. The number of nitrogens with zero attached hydrogens (tertiary/aromatic N) is 2. The Hall–Kier alpha value is -4.05. The highest BCUT2D eigenvalue weighted by atomic mass is 35.5. The molecule has 4 aromatic carbocycles. The van der Waals surface area contributed by atoms with Crippen molar-refractivity contribution in [2.45, 2.75) is 50.2 Å². The summed E-state index contributed by atoms with van der Waals surface area (Å²) in [6.07, 6.45) is 0.189. The topological polar surface area (TPSA) is 96.0 Å². The monoisotopic (exact) mass is 681 g/mol. The van der Waals surface area contributed by atoms with E-state index in [9.17, 15) is 18.0 Å². The minimum atomic E-state index is -4.27. The largest absolute Gasteiger partial charge is 0.495 e. The number of hydrogen-bond donors (Lipinski definition) is 1. The van der Waals surface area contributed by atoms with Gasteiger partial charge in [-0.05, 0) is 74.4 Å². The molecule has 46 heavy (non-hydrogen) atoms. The highest BCUT2D eigenvalue weighted by Crippen LogP contribution is 2.32. The standard InChI is InChI=1S/C35H37Cl2N3O5S/c1-35(2,3)38-34(42)31(21-25-12-7-5-8-13-25)39(23-26-14-11-15-27(36)20-26)33(41)24-40(28-18-19-32(45-4)30(37)22-28)46(43,44)29-16-9-6-10-17-29/h5-20,22,31H,21,23-24H2,1-4H3,(H,38,42). The molecule has 4 rings (SSSR count). The van der Waals surface area contributed by atoms with Crippen molar-refractivity contribution in [1.82, 2.24) is 10.2 Å². The number of rotatable bonds is 12. The zero-order chi connectivity index (χ0) is 33.5. The van der Waals surface area contributed by atoms with E-state index in [0.717, 1.165) is 9.87 Å². The molecule has 1 unspecified atom stereocenters. The van der Waals surface area contributed by atoms with Crippen LogP contribution in [0.4, 0.5) is 5.69 Å². The molecule has 0 aromatic heterocycles. The van der Waals surface area contributed by atoms with E-state index in [0.29, 0.717) is 16.3 Å². The van der Waals surface area contributed by atoms with Crippen molar-refractivity contribution >= 4 is 50.7 Å². The summed E-state index contributed by atoms with van der Waals surface area (Å²) in [6, 6.07) is 27.7. The van der Waals surface area contributed by atoms with E-state index in [1.165, 1.54) is 42.3 Å². The predicted octanol–water partition coefficient (Wildman–Crippen LogP) is 6.75. The van der Waals surface area contributed by atoms with Crippen molar-refractivity contribution in [1.29, 1.82) is 0 Å². The molecule has 2 amide bonds. The van der Waals surface area contributed by atoms with Crippen molar-refractivity contribution in [3.8, 4) is 5.75 Å². The first-order valence-electron chi connectivity index (χ1n) is 14.6. The fraction of sp³-hybridized carbons (Fsp3) is 0.257. The summed E-state index contributed by atoms with van der Waals surface area (Å²) in [5.41, 5.74) is 1.06.